The van der Waals surface area contributed by atoms with Crippen molar-refractivity contribution in [3.8, 4) is 11.5 Å². The van der Waals surface area contributed by atoms with Gasteiger partial charge in [0.05, 0.1) is 18.2 Å². The van der Waals surface area contributed by atoms with Crippen LogP contribution in [0.2, 0.25) is 5.02 Å². The number of benzene rings is 1. The first-order valence-corrected chi connectivity index (χ1v) is 8.46. The Morgan fingerprint density at radius 1 is 1.50 bits per heavy atom. The van der Waals surface area contributed by atoms with Gasteiger partial charge in [0.2, 0.25) is 0 Å². The van der Waals surface area contributed by atoms with Crippen molar-refractivity contribution in [3.63, 3.8) is 0 Å². The Morgan fingerprint density at radius 3 is 2.71 bits per heavy atom. The summed E-state index contributed by atoms with van der Waals surface area (Å²) in [5.41, 5.74) is 2.17. The molecule has 2 N–H and O–H groups in total. The summed E-state index contributed by atoms with van der Waals surface area (Å²) in [7, 11) is 1.45. The van der Waals surface area contributed by atoms with Crippen LogP contribution in [-0.4, -0.2) is 34.6 Å². The highest BCUT2D eigenvalue weighted by Crippen LogP contribution is 2.39. The lowest BCUT2D eigenvalue weighted by atomic mass is 9.92. The maximum atomic E-state index is 12.3. The molecule has 1 aromatic rings. The van der Waals surface area contributed by atoms with Gasteiger partial charge in [-0.05, 0) is 50.2 Å². The van der Waals surface area contributed by atoms with Crippen molar-refractivity contribution in [2.24, 2.45) is 0 Å². The predicted octanol–water partition coefficient (Wildman–Crippen LogP) is 3.56. The van der Waals surface area contributed by atoms with Crippen molar-refractivity contribution in [1.82, 2.24) is 10.2 Å². The van der Waals surface area contributed by atoms with Crippen LogP contribution in [0.5, 0.6) is 11.5 Å². The number of methoxy groups -OCH3 is 1. The lowest BCUT2D eigenvalue weighted by molar-refractivity contribution is -0.114. The van der Waals surface area contributed by atoms with Crippen molar-refractivity contribution in [1.29, 1.82) is 0 Å². The second-order valence-electron chi connectivity index (χ2n) is 5.64. The number of hydrogen-bond donors (Lipinski definition) is 2. The maximum absolute atomic E-state index is 12.3. The Hall–Kier alpha value is -1.79. The van der Waals surface area contributed by atoms with Crippen LogP contribution in [0.15, 0.2) is 23.4 Å². The van der Waals surface area contributed by atoms with E-state index in [0.717, 1.165) is 18.7 Å². The number of allylic oxidation sites excluding steroid dienone is 1. The number of aromatic hydroxyl groups is 1. The molecule has 0 fully saturated rings. The molecule has 0 aliphatic carbocycles. The monoisotopic (exact) mass is 368 g/mol. The average molecular weight is 369 g/mol. The highest BCUT2D eigenvalue weighted by Gasteiger charge is 2.32. The van der Waals surface area contributed by atoms with Crippen molar-refractivity contribution in [2.45, 2.75) is 33.2 Å². The molecule has 7 heteroatoms. The molecule has 1 heterocycles. The Kier molecular flexibility index (Phi) is 5.72. The summed E-state index contributed by atoms with van der Waals surface area (Å²) in [4.78, 5) is 14.2. The molecule has 24 heavy (non-hydrogen) atoms. The number of nitrogens with zero attached hydrogens (tertiary/aromatic N) is 1. The maximum Gasteiger partial charge on any atom is 0.176 e. The van der Waals surface area contributed by atoms with Crippen LogP contribution in [0, 0.1) is 0 Å². The fraction of sp³-hybridized carbons (Fsp3) is 0.412. The van der Waals surface area contributed by atoms with Gasteiger partial charge in [0, 0.05) is 17.8 Å². The van der Waals surface area contributed by atoms with Crippen molar-refractivity contribution in [3.05, 3.63) is 34.0 Å². The molecular weight excluding hydrogens is 348 g/mol. The van der Waals surface area contributed by atoms with Crippen LogP contribution in [-0.2, 0) is 4.79 Å². The molecule has 0 bridgehead atoms. The first-order chi connectivity index (χ1) is 11.3. The van der Waals surface area contributed by atoms with Gasteiger partial charge in [-0.25, -0.2) is 0 Å². The van der Waals surface area contributed by atoms with Crippen LogP contribution < -0.4 is 10.1 Å². The van der Waals surface area contributed by atoms with Crippen LogP contribution in [0.4, 0.5) is 0 Å². The Bertz CT molecular complexity index is 718. The summed E-state index contributed by atoms with van der Waals surface area (Å²) >= 11 is 11.6. The van der Waals surface area contributed by atoms with E-state index in [9.17, 15) is 9.90 Å². The van der Waals surface area contributed by atoms with Gasteiger partial charge in [0.1, 0.15) is 0 Å². The number of carbonyl (C=O) groups is 1. The molecule has 0 saturated heterocycles. The smallest absolute Gasteiger partial charge is 0.176 e. The number of ketones is 1. The Labute approximate surface area is 152 Å². The first-order valence-electron chi connectivity index (χ1n) is 7.67. The van der Waals surface area contributed by atoms with E-state index >= 15 is 0 Å². The minimum absolute atomic E-state index is 0.0447. The summed E-state index contributed by atoms with van der Waals surface area (Å²) in [6.45, 7) is 6.22. The molecule has 1 aliphatic heterocycles. The summed E-state index contributed by atoms with van der Waals surface area (Å²) < 4.78 is 5.16. The number of rotatable bonds is 5. The van der Waals surface area contributed by atoms with E-state index in [-0.39, 0.29) is 22.3 Å². The fourth-order valence-electron chi connectivity index (χ4n) is 2.90. The van der Waals surface area contributed by atoms with E-state index in [1.165, 1.54) is 14.0 Å². The number of phenols is 1. The van der Waals surface area contributed by atoms with E-state index in [2.05, 4.69) is 12.2 Å². The van der Waals surface area contributed by atoms with Crippen LogP contribution in [0.1, 0.15) is 38.8 Å². The zero-order chi connectivity index (χ0) is 18.0. The zero-order valence-corrected chi connectivity index (χ0v) is 15.7. The highest BCUT2D eigenvalue weighted by molar-refractivity contribution is 7.80. The lowest BCUT2D eigenvalue weighted by Gasteiger charge is -2.37. The topological polar surface area (TPSA) is 61.8 Å². The number of phenolic OH excluding ortho intramolecular Hbond substituents is 1. The van der Waals surface area contributed by atoms with Gasteiger partial charge in [-0.2, -0.15) is 0 Å². The molecule has 0 aromatic heterocycles. The molecule has 2 rings (SSSR count). The molecule has 1 atom stereocenters. The Morgan fingerprint density at radius 2 is 2.17 bits per heavy atom. The summed E-state index contributed by atoms with van der Waals surface area (Å²) in [6, 6.07) is 2.84. The largest absolute Gasteiger partial charge is 0.503 e. The molecule has 0 spiro atoms. The number of ether oxygens (including phenoxy) is 1. The molecular formula is C17H21ClN2O3S. The molecule has 0 saturated carbocycles. The van der Waals surface area contributed by atoms with Gasteiger partial charge in [-0.15, -0.1) is 0 Å². The lowest BCUT2D eigenvalue weighted by Crippen LogP contribution is -2.47. The van der Waals surface area contributed by atoms with E-state index in [0.29, 0.717) is 16.2 Å². The third kappa shape index (κ3) is 3.35. The van der Waals surface area contributed by atoms with Gasteiger partial charge in [0.25, 0.3) is 0 Å². The van der Waals surface area contributed by atoms with Gasteiger partial charge < -0.3 is 20.1 Å². The van der Waals surface area contributed by atoms with Crippen LogP contribution in [0.3, 0.4) is 0 Å². The molecule has 1 aliphatic rings. The number of carbonyl (C=O) groups excluding carboxylic acids is 1. The van der Waals surface area contributed by atoms with Crippen molar-refractivity contribution >= 4 is 34.7 Å². The molecule has 130 valence electrons. The molecule has 1 unspecified atom stereocenters. The molecule has 1 aromatic carbocycles. The first kappa shape index (κ1) is 18.5. The third-order valence-electron chi connectivity index (χ3n) is 4.03. The summed E-state index contributed by atoms with van der Waals surface area (Å²) in [6.07, 6.45) is 0.911. The average Bonchev–Trinajstić information content (AvgIpc) is 2.52. The Balaban J connectivity index is 2.59. The molecule has 0 radical (unpaired) electrons. The van der Waals surface area contributed by atoms with Gasteiger partial charge >= 0.3 is 0 Å². The van der Waals surface area contributed by atoms with Crippen LogP contribution >= 0.6 is 23.8 Å². The normalized spacial score (nSPS) is 17.8. The predicted molar refractivity (Wildman–Crippen MR) is 98.5 cm³/mol. The van der Waals surface area contributed by atoms with Gasteiger partial charge in [0.15, 0.2) is 22.4 Å². The number of nitrogens with one attached hydrogen (secondary N) is 1. The number of hydrogen-bond acceptors (Lipinski definition) is 4. The second kappa shape index (κ2) is 7.40. The van der Waals surface area contributed by atoms with Gasteiger partial charge in [-0.1, -0.05) is 18.5 Å². The number of thiocarbonyl (C=S) groups is 1. The van der Waals surface area contributed by atoms with E-state index in [1.807, 2.05) is 11.8 Å². The summed E-state index contributed by atoms with van der Waals surface area (Å²) in [5.74, 6) is 0.0810. The van der Waals surface area contributed by atoms with E-state index in [4.69, 9.17) is 28.6 Å². The minimum Gasteiger partial charge on any atom is -0.503 e. The van der Waals surface area contributed by atoms with E-state index in [1.54, 1.807) is 12.1 Å². The van der Waals surface area contributed by atoms with Crippen molar-refractivity contribution < 1.29 is 14.6 Å². The SMILES string of the molecule is CCCN1C(=S)NC(c2cc(Cl)c(O)c(OC)c2)C(C(C)=O)=C1C. The van der Waals surface area contributed by atoms with Crippen molar-refractivity contribution in [2.75, 3.05) is 13.7 Å². The molecule has 5 nitrogen and oxygen atoms in total. The second-order valence-corrected chi connectivity index (χ2v) is 6.44. The zero-order valence-electron chi connectivity index (χ0n) is 14.1. The molecule has 0 amide bonds. The minimum atomic E-state index is -0.435. The quantitative estimate of drug-likeness (QED) is 0.775. The third-order valence-corrected chi connectivity index (χ3v) is 4.65. The standard InChI is InChI=1S/C17H21ClN2O3S/c1-5-6-20-9(2)14(10(3)21)15(19-17(20)24)11-7-12(18)16(22)13(8-11)23-4/h7-8,15,22H,5-6H2,1-4H3,(H,19,24). The summed E-state index contributed by atoms with van der Waals surface area (Å²) in [5, 5.41) is 13.9. The van der Waals surface area contributed by atoms with Crippen LogP contribution in [0.25, 0.3) is 0 Å². The van der Waals surface area contributed by atoms with Gasteiger partial charge in [-0.3, -0.25) is 4.79 Å². The number of halogens is 1. The number of Topliss-reactive ketones (excluding diaryl/α,β-unsaturated/α-hetero) is 1. The highest BCUT2D eigenvalue weighted by atomic mass is 35.5. The fourth-order valence-corrected chi connectivity index (χ4v) is 3.46. The van der Waals surface area contributed by atoms with E-state index < -0.39 is 6.04 Å².